The quantitative estimate of drug-likeness (QED) is 0.654. The summed E-state index contributed by atoms with van der Waals surface area (Å²) in [5, 5.41) is 3.98. The van der Waals surface area contributed by atoms with E-state index in [9.17, 15) is 0 Å². The minimum atomic E-state index is 0.590. The van der Waals surface area contributed by atoms with E-state index in [1.54, 1.807) is 0 Å². The first-order chi connectivity index (χ1) is 8.67. The third-order valence-electron chi connectivity index (χ3n) is 2.79. The zero-order valence-electron chi connectivity index (χ0n) is 11.7. The van der Waals surface area contributed by atoms with E-state index in [4.69, 9.17) is 0 Å². The summed E-state index contributed by atoms with van der Waals surface area (Å²) in [6, 6.07) is 10.4. The fourth-order valence-electron chi connectivity index (χ4n) is 1.64. The molecule has 1 atom stereocenters. The third-order valence-corrected chi connectivity index (χ3v) is 3.76. The van der Waals surface area contributed by atoms with Gasteiger partial charge in [0, 0.05) is 32.4 Å². The summed E-state index contributed by atoms with van der Waals surface area (Å²) in [4.78, 5) is 6.45. The summed E-state index contributed by atoms with van der Waals surface area (Å²) in [7, 11) is 3.89. The van der Waals surface area contributed by atoms with Gasteiger partial charge in [0.25, 0.3) is 0 Å². The monoisotopic (exact) mass is 265 g/mol. The molecule has 1 rings (SSSR count). The van der Waals surface area contributed by atoms with Crippen LogP contribution in [0.2, 0.25) is 0 Å². The molecule has 100 valence electrons. The normalized spacial score (nSPS) is 13.2. The Hall–Kier alpha value is -1.16. The second-order valence-corrected chi connectivity index (χ2v) is 5.59. The van der Waals surface area contributed by atoms with Gasteiger partial charge in [-0.05, 0) is 11.8 Å². The van der Waals surface area contributed by atoms with Gasteiger partial charge >= 0.3 is 0 Å². The number of nitrogens with zero attached hydrogens (tertiary/aromatic N) is 2. The minimum absolute atomic E-state index is 0.590. The number of aliphatic imine (C=N–C) groups is 1. The molecule has 0 amide bonds. The first-order valence-electron chi connectivity index (χ1n) is 6.16. The molecular weight excluding hydrogens is 242 g/mol. The fraction of sp³-hybridized carbons (Fsp3) is 0.500. The number of benzene rings is 1. The van der Waals surface area contributed by atoms with Crippen molar-refractivity contribution in [1.82, 2.24) is 10.2 Å². The molecule has 0 saturated heterocycles. The minimum Gasteiger partial charge on any atom is -0.355 e. The predicted molar refractivity (Wildman–Crippen MR) is 82.2 cm³/mol. The largest absolute Gasteiger partial charge is 0.355 e. The van der Waals surface area contributed by atoms with Gasteiger partial charge in [-0.15, -0.1) is 0 Å². The predicted octanol–water partition coefficient (Wildman–Crippen LogP) is 2.45. The maximum atomic E-state index is 4.31. The van der Waals surface area contributed by atoms with Crippen molar-refractivity contribution >= 4 is 17.7 Å². The second kappa shape index (κ2) is 8.03. The maximum absolute atomic E-state index is 4.31. The second-order valence-electron chi connectivity index (χ2n) is 4.32. The number of hydrogen-bond acceptors (Lipinski definition) is 2. The first kappa shape index (κ1) is 14.9. The van der Waals surface area contributed by atoms with Crippen molar-refractivity contribution in [2.75, 3.05) is 26.9 Å². The highest BCUT2D eigenvalue weighted by atomic mass is 32.2. The van der Waals surface area contributed by atoms with Gasteiger partial charge in [0.05, 0.1) is 0 Å². The summed E-state index contributed by atoms with van der Waals surface area (Å²) < 4.78 is 0. The van der Waals surface area contributed by atoms with Crippen LogP contribution in [0.25, 0.3) is 0 Å². The Bertz CT molecular complexity index is 365. The molecular formula is C14H23N3S. The zero-order chi connectivity index (χ0) is 13.4. The van der Waals surface area contributed by atoms with Crippen molar-refractivity contribution in [2.24, 2.45) is 4.99 Å². The molecule has 0 aromatic heterocycles. The Kier molecular flexibility index (Phi) is 6.65. The summed E-state index contributed by atoms with van der Waals surface area (Å²) >= 11 is 1.86. The van der Waals surface area contributed by atoms with Crippen LogP contribution in [-0.2, 0) is 6.54 Å². The Morgan fingerprint density at radius 2 is 2.06 bits per heavy atom. The van der Waals surface area contributed by atoms with Crippen LogP contribution in [0.5, 0.6) is 0 Å². The molecule has 0 aliphatic carbocycles. The van der Waals surface area contributed by atoms with E-state index < -0.39 is 0 Å². The molecule has 0 spiro atoms. The van der Waals surface area contributed by atoms with E-state index in [1.807, 2.05) is 24.9 Å². The van der Waals surface area contributed by atoms with E-state index in [0.29, 0.717) is 5.25 Å². The van der Waals surface area contributed by atoms with E-state index in [1.165, 1.54) is 5.56 Å². The summed E-state index contributed by atoms with van der Waals surface area (Å²) in [6.07, 6.45) is 2.13. The molecule has 0 saturated carbocycles. The van der Waals surface area contributed by atoms with Crippen molar-refractivity contribution in [3.63, 3.8) is 0 Å². The molecule has 3 nitrogen and oxygen atoms in total. The lowest BCUT2D eigenvalue weighted by Gasteiger charge is -2.23. The molecule has 1 unspecified atom stereocenters. The van der Waals surface area contributed by atoms with Gasteiger partial charge in [-0.3, -0.25) is 4.99 Å². The van der Waals surface area contributed by atoms with Crippen molar-refractivity contribution in [1.29, 1.82) is 0 Å². The first-order valence-corrected chi connectivity index (χ1v) is 7.44. The van der Waals surface area contributed by atoms with Crippen molar-refractivity contribution in [3.05, 3.63) is 35.9 Å². The standard InChI is InChI=1S/C14H23N3S/c1-12(18-4)10-16-14(15-2)17(3)11-13-8-6-5-7-9-13/h5-9,12H,10-11H2,1-4H3,(H,15,16). The van der Waals surface area contributed by atoms with E-state index >= 15 is 0 Å². The summed E-state index contributed by atoms with van der Waals surface area (Å²) in [5.74, 6) is 0.944. The maximum Gasteiger partial charge on any atom is 0.193 e. The molecule has 0 aliphatic heterocycles. The molecule has 18 heavy (non-hydrogen) atoms. The van der Waals surface area contributed by atoms with E-state index in [0.717, 1.165) is 19.0 Å². The lowest BCUT2D eigenvalue weighted by atomic mass is 10.2. The van der Waals surface area contributed by atoms with Gasteiger partial charge < -0.3 is 10.2 Å². The Morgan fingerprint density at radius 1 is 1.39 bits per heavy atom. The molecule has 0 heterocycles. The highest BCUT2D eigenvalue weighted by molar-refractivity contribution is 7.99. The van der Waals surface area contributed by atoms with Crippen LogP contribution in [-0.4, -0.2) is 43.0 Å². The smallest absolute Gasteiger partial charge is 0.193 e. The van der Waals surface area contributed by atoms with Crippen LogP contribution in [0.15, 0.2) is 35.3 Å². The van der Waals surface area contributed by atoms with Crippen LogP contribution in [0.1, 0.15) is 12.5 Å². The molecule has 1 aromatic rings. The van der Waals surface area contributed by atoms with Crippen LogP contribution < -0.4 is 5.32 Å². The number of thioether (sulfide) groups is 1. The van der Waals surface area contributed by atoms with Crippen molar-refractivity contribution in [2.45, 2.75) is 18.7 Å². The Balaban J connectivity index is 2.50. The fourth-order valence-corrected chi connectivity index (χ4v) is 1.89. The van der Waals surface area contributed by atoms with E-state index in [2.05, 4.69) is 59.7 Å². The number of nitrogens with one attached hydrogen (secondary N) is 1. The van der Waals surface area contributed by atoms with Gasteiger partial charge in [-0.25, -0.2) is 0 Å². The highest BCUT2D eigenvalue weighted by Crippen LogP contribution is 2.05. The molecule has 0 fully saturated rings. The number of rotatable bonds is 5. The van der Waals surface area contributed by atoms with Gasteiger partial charge in [0.2, 0.25) is 0 Å². The topological polar surface area (TPSA) is 27.6 Å². The van der Waals surface area contributed by atoms with Gasteiger partial charge in [0.1, 0.15) is 0 Å². The van der Waals surface area contributed by atoms with Gasteiger partial charge in [-0.2, -0.15) is 11.8 Å². The average molecular weight is 265 g/mol. The lowest BCUT2D eigenvalue weighted by molar-refractivity contribution is 0.477. The van der Waals surface area contributed by atoms with Gasteiger partial charge in [-0.1, -0.05) is 37.3 Å². The molecule has 0 radical (unpaired) electrons. The van der Waals surface area contributed by atoms with Crippen molar-refractivity contribution < 1.29 is 0 Å². The average Bonchev–Trinajstić information content (AvgIpc) is 2.40. The molecule has 1 aromatic carbocycles. The SMILES string of the molecule is CN=C(NCC(C)SC)N(C)Cc1ccccc1. The third kappa shape index (κ3) is 5.00. The van der Waals surface area contributed by atoms with Crippen molar-refractivity contribution in [3.8, 4) is 0 Å². The molecule has 0 bridgehead atoms. The van der Waals surface area contributed by atoms with E-state index in [-0.39, 0.29) is 0 Å². The Morgan fingerprint density at radius 3 is 2.61 bits per heavy atom. The van der Waals surface area contributed by atoms with Crippen LogP contribution in [0.4, 0.5) is 0 Å². The van der Waals surface area contributed by atoms with Crippen LogP contribution >= 0.6 is 11.8 Å². The highest BCUT2D eigenvalue weighted by Gasteiger charge is 2.07. The van der Waals surface area contributed by atoms with Crippen LogP contribution in [0, 0.1) is 0 Å². The summed E-state index contributed by atoms with van der Waals surface area (Å²) in [6.45, 7) is 4.02. The number of guanidine groups is 1. The van der Waals surface area contributed by atoms with Gasteiger partial charge in [0.15, 0.2) is 5.96 Å². The molecule has 4 heteroatoms. The number of hydrogen-bond donors (Lipinski definition) is 1. The van der Waals surface area contributed by atoms with Crippen LogP contribution in [0.3, 0.4) is 0 Å². The molecule has 0 aliphatic rings. The molecule has 1 N–H and O–H groups in total. The lowest BCUT2D eigenvalue weighted by Crippen LogP contribution is -2.40. The zero-order valence-corrected chi connectivity index (χ0v) is 12.5. The Labute approximate surface area is 115 Å². The summed E-state index contributed by atoms with van der Waals surface area (Å²) in [5.41, 5.74) is 1.29.